The molecule has 1 aliphatic rings. The van der Waals surface area contributed by atoms with Gasteiger partial charge < -0.3 is 4.90 Å². The molecular formula is C24H32N2O3S. The number of nitrogens with one attached hydrogen (secondary N) is 1. The largest absolute Gasteiger partial charge is 0.315 e. The van der Waals surface area contributed by atoms with E-state index in [1.165, 1.54) is 12.0 Å². The quantitative estimate of drug-likeness (QED) is 0.706. The van der Waals surface area contributed by atoms with E-state index in [0.717, 1.165) is 42.5 Å². The van der Waals surface area contributed by atoms with Gasteiger partial charge in [0.2, 0.25) is 15.9 Å². The summed E-state index contributed by atoms with van der Waals surface area (Å²) in [5.74, 6) is 0.0360. The second-order valence-electron chi connectivity index (χ2n) is 8.32. The van der Waals surface area contributed by atoms with Gasteiger partial charge in [-0.3, -0.25) is 4.79 Å². The normalized spacial score (nSPS) is 15.2. The second-order valence-corrected chi connectivity index (χ2v) is 10.0. The molecule has 0 spiro atoms. The molecule has 0 heterocycles. The molecule has 0 aromatic heterocycles. The Morgan fingerprint density at radius 1 is 1.00 bits per heavy atom. The van der Waals surface area contributed by atoms with Gasteiger partial charge in [0.25, 0.3) is 0 Å². The Hall–Kier alpha value is -2.18. The fourth-order valence-electron chi connectivity index (χ4n) is 3.84. The number of anilines is 1. The number of rotatable bonds is 7. The standard InChI is InChI=1S/C24H32N2O3S/c1-18-9-13-22(17-19(18)2)26(3)24(27)16-12-20-10-14-23(15-11-20)30(28,29)25-21-7-5-4-6-8-21/h9-11,13-15,17,21,25H,4-8,12,16H2,1-3H3. The third kappa shape index (κ3) is 5.70. The monoisotopic (exact) mass is 428 g/mol. The van der Waals surface area contributed by atoms with Crippen LogP contribution in [-0.4, -0.2) is 27.4 Å². The summed E-state index contributed by atoms with van der Waals surface area (Å²) >= 11 is 0. The zero-order valence-electron chi connectivity index (χ0n) is 18.1. The van der Waals surface area contributed by atoms with Crippen molar-refractivity contribution < 1.29 is 13.2 Å². The Morgan fingerprint density at radius 3 is 2.30 bits per heavy atom. The van der Waals surface area contributed by atoms with E-state index in [1.54, 1.807) is 36.2 Å². The Balaban J connectivity index is 1.57. The van der Waals surface area contributed by atoms with Gasteiger partial charge in [0, 0.05) is 25.2 Å². The molecule has 30 heavy (non-hydrogen) atoms. The van der Waals surface area contributed by atoms with Crippen LogP contribution in [0.1, 0.15) is 55.2 Å². The van der Waals surface area contributed by atoms with E-state index in [4.69, 9.17) is 0 Å². The van der Waals surface area contributed by atoms with Crippen LogP contribution in [0.2, 0.25) is 0 Å². The minimum absolute atomic E-state index is 0.0360. The molecular weight excluding hydrogens is 396 g/mol. The number of sulfonamides is 1. The first kappa shape index (κ1) is 22.5. The fourth-order valence-corrected chi connectivity index (χ4v) is 5.15. The topological polar surface area (TPSA) is 66.5 Å². The molecule has 1 saturated carbocycles. The van der Waals surface area contributed by atoms with E-state index >= 15 is 0 Å². The number of carbonyl (C=O) groups is 1. The second kappa shape index (κ2) is 9.75. The van der Waals surface area contributed by atoms with Crippen molar-refractivity contribution in [3.05, 3.63) is 59.2 Å². The summed E-state index contributed by atoms with van der Waals surface area (Å²) in [6, 6.07) is 12.9. The molecule has 1 aliphatic carbocycles. The van der Waals surface area contributed by atoms with Crippen LogP contribution < -0.4 is 9.62 Å². The first-order valence-electron chi connectivity index (χ1n) is 10.7. The summed E-state index contributed by atoms with van der Waals surface area (Å²) in [6.45, 7) is 4.09. The van der Waals surface area contributed by atoms with Crippen LogP contribution in [0.4, 0.5) is 5.69 Å². The van der Waals surface area contributed by atoms with Crippen molar-refractivity contribution in [3.8, 4) is 0 Å². The van der Waals surface area contributed by atoms with Crippen molar-refractivity contribution >= 4 is 21.6 Å². The highest BCUT2D eigenvalue weighted by Gasteiger charge is 2.21. The summed E-state index contributed by atoms with van der Waals surface area (Å²) in [6.07, 6.45) is 6.11. The van der Waals surface area contributed by atoms with Gasteiger partial charge in [0.05, 0.1) is 4.90 Å². The van der Waals surface area contributed by atoms with E-state index in [-0.39, 0.29) is 16.8 Å². The maximum absolute atomic E-state index is 12.6. The molecule has 5 nitrogen and oxygen atoms in total. The van der Waals surface area contributed by atoms with Crippen molar-refractivity contribution in [1.82, 2.24) is 4.72 Å². The minimum Gasteiger partial charge on any atom is -0.315 e. The molecule has 1 fully saturated rings. The van der Waals surface area contributed by atoms with Crippen molar-refractivity contribution in [3.63, 3.8) is 0 Å². The SMILES string of the molecule is Cc1ccc(N(C)C(=O)CCc2ccc(S(=O)(=O)NC3CCCCC3)cc2)cc1C. The van der Waals surface area contributed by atoms with Crippen molar-refractivity contribution in [2.45, 2.75) is 69.7 Å². The molecule has 0 radical (unpaired) electrons. The van der Waals surface area contributed by atoms with Crippen LogP contribution in [0.25, 0.3) is 0 Å². The summed E-state index contributed by atoms with van der Waals surface area (Å²) in [4.78, 5) is 14.5. The number of aryl methyl sites for hydroxylation is 3. The molecule has 2 aromatic rings. The average molecular weight is 429 g/mol. The van der Waals surface area contributed by atoms with Crippen molar-refractivity contribution in [2.24, 2.45) is 0 Å². The van der Waals surface area contributed by atoms with Crippen LogP contribution in [0.3, 0.4) is 0 Å². The van der Waals surface area contributed by atoms with Gasteiger partial charge in [0.15, 0.2) is 0 Å². The zero-order chi connectivity index (χ0) is 21.7. The Morgan fingerprint density at radius 2 is 1.67 bits per heavy atom. The molecule has 2 aromatic carbocycles. The number of carbonyl (C=O) groups excluding carboxylic acids is 1. The van der Waals surface area contributed by atoms with Gasteiger partial charge in [-0.15, -0.1) is 0 Å². The van der Waals surface area contributed by atoms with E-state index in [0.29, 0.717) is 12.8 Å². The summed E-state index contributed by atoms with van der Waals surface area (Å²) < 4.78 is 28.0. The molecule has 0 atom stereocenters. The van der Waals surface area contributed by atoms with Crippen molar-refractivity contribution in [1.29, 1.82) is 0 Å². The van der Waals surface area contributed by atoms with E-state index in [9.17, 15) is 13.2 Å². The molecule has 6 heteroatoms. The highest BCUT2D eigenvalue weighted by molar-refractivity contribution is 7.89. The van der Waals surface area contributed by atoms with Crippen LogP contribution in [-0.2, 0) is 21.2 Å². The third-order valence-electron chi connectivity index (χ3n) is 6.04. The molecule has 0 bridgehead atoms. The molecule has 0 unspecified atom stereocenters. The van der Waals surface area contributed by atoms with Gasteiger partial charge in [-0.05, 0) is 74.1 Å². The van der Waals surface area contributed by atoms with E-state index < -0.39 is 10.0 Å². The minimum atomic E-state index is -3.49. The smallest absolute Gasteiger partial charge is 0.240 e. The number of amides is 1. The molecule has 1 N–H and O–H groups in total. The van der Waals surface area contributed by atoms with Gasteiger partial charge in [-0.2, -0.15) is 0 Å². The molecule has 1 amide bonds. The van der Waals surface area contributed by atoms with Gasteiger partial charge >= 0.3 is 0 Å². The third-order valence-corrected chi connectivity index (χ3v) is 7.58. The molecule has 162 valence electrons. The van der Waals surface area contributed by atoms with Gasteiger partial charge in [-0.25, -0.2) is 13.1 Å². The lowest BCUT2D eigenvalue weighted by molar-refractivity contribution is -0.118. The average Bonchev–Trinajstić information content (AvgIpc) is 2.74. The Kier molecular flexibility index (Phi) is 7.32. The first-order valence-corrected chi connectivity index (χ1v) is 12.2. The Labute approximate surface area is 180 Å². The van der Waals surface area contributed by atoms with Crippen LogP contribution in [0.5, 0.6) is 0 Å². The predicted octanol–water partition coefficient (Wildman–Crippen LogP) is 4.51. The van der Waals surface area contributed by atoms with E-state index in [2.05, 4.69) is 11.6 Å². The number of nitrogens with zero attached hydrogens (tertiary/aromatic N) is 1. The zero-order valence-corrected chi connectivity index (χ0v) is 19.0. The summed E-state index contributed by atoms with van der Waals surface area (Å²) in [7, 11) is -1.70. The maximum atomic E-state index is 12.6. The van der Waals surface area contributed by atoms with Crippen LogP contribution >= 0.6 is 0 Å². The molecule has 3 rings (SSSR count). The molecule has 0 saturated heterocycles. The fraction of sp³-hybridized carbons (Fsp3) is 0.458. The molecule has 0 aliphatic heterocycles. The highest BCUT2D eigenvalue weighted by Crippen LogP contribution is 2.21. The van der Waals surface area contributed by atoms with Gasteiger partial charge in [0.1, 0.15) is 0 Å². The highest BCUT2D eigenvalue weighted by atomic mass is 32.2. The van der Waals surface area contributed by atoms with Gasteiger partial charge in [-0.1, -0.05) is 37.5 Å². The summed E-state index contributed by atoms with van der Waals surface area (Å²) in [5.41, 5.74) is 4.20. The lowest BCUT2D eigenvalue weighted by atomic mass is 9.96. The van der Waals surface area contributed by atoms with Crippen molar-refractivity contribution in [2.75, 3.05) is 11.9 Å². The maximum Gasteiger partial charge on any atom is 0.240 e. The lowest BCUT2D eigenvalue weighted by Gasteiger charge is -2.22. The Bertz CT molecular complexity index is 978. The number of hydrogen-bond donors (Lipinski definition) is 1. The first-order chi connectivity index (χ1) is 14.3. The lowest BCUT2D eigenvalue weighted by Crippen LogP contribution is -2.36. The van der Waals surface area contributed by atoms with E-state index in [1.807, 2.05) is 25.1 Å². The predicted molar refractivity (Wildman–Crippen MR) is 121 cm³/mol. The van der Waals surface area contributed by atoms with Crippen LogP contribution in [0.15, 0.2) is 47.4 Å². The number of benzene rings is 2. The number of hydrogen-bond acceptors (Lipinski definition) is 3. The summed E-state index contributed by atoms with van der Waals surface area (Å²) in [5, 5.41) is 0. The van der Waals surface area contributed by atoms with Crippen LogP contribution in [0, 0.1) is 13.8 Å².